The first-order chi connectivity index (χ1) is 5.83. The van der Waals surface area contributed by atoms with E-state index in [9.17, 15) is 5.11 Å². The predicted molar refractivity (Wildman–Crippen MR) is 48.1 cm³/mol. The number of aliphatic hydroxyl groups excluding tert-OH is 1. The van der Waals surface area contributed by atoms with E-state index in [1.165, 1.54) is 0 Å². The van der Waals surface area contributed by atoms with Crippen molar-refractivity contribution < 1.29 is 9.84 Å². The first-order valence-corrected chi connectivity index (χ1v) is 4.72. The van der Waals surface area contributed by atoms with Crippen LogP contribution in [0.3, 0.4) is 0 Å². The third-order valence-corrected chi connectivity index (χ3v) is 2.51. The van der Waals surface area contributed by atoms with Crippen molar-refractivity contribution in [1.82, 2.24) is 5.32 Å². The Morgan fingerprint density at radius 1 is 1.58 bits per heavy atom. The summed E-state index contributed by atoms with van der Waals surface area (Å²) in [5.74, 6) is 0. The molecule has 1 saturated heterocycles. The lowest BCUT2D eigenvalue weighted by molar-refractivity contribution is -0.00367. The van der Waals surface area contributed by atoms with Crippen molar-refractivity contribution in [3.63, 3.8) is 0 Å². The van der Waals surface area contributed by atoms with Gasteiger partial charge in [-0.25, -0.2) is 0 Å². The van der Waals surface area contributed by atoms with Crippen LogP contribution >= 0.6 is 0 Å². The molecule has 3 nitrogen and oxygen atoms in total. The number of aliphatic hydroxyl groups is 1. The quantitative estimate of drug-likeness (QED) is 0.646. The van der Waals surface area contributed by atoms with E-state index in [1.807, 2.05) is 6.92 Å². The van der Waals surface area contributed by atoms with Crippen molar-refractivity contribution >= 4 is 0 Å². The lowest BCUT2D eigenvalue weighted by Crippen LogP contribution is -2.45. The molecule has 1 rings (SSSR count). The molecule has 3 heteroatoms. The van der Waals surface area contributed by atoms with Gasteiger partial charge in [0.2, 0.25) is 0 Å². The van der Waals surface area contributed by atoms with Crippen molar-refractivity contribution in [1.29, 1.82) is 0 Å². The molecular formula is C9H19NO2. The van der Waals surface area contributed by atoms with Crippen molar-refractivity contribution in [3.05, 3.63) is 0 Å². The maximum atomic E-state index is 9.25. The highest BCUT2D eigenvalue weighted by Crippen LogP contribution is 2.25. The molecule has 0 spiro atoms. The molecule has 1 aliphatic heterocycles. The molecule has 1 aliphatic rings. The van der Waals surface area contributed by atoms with Crippen molar-refractivity contribution in [2.45, 2.75) is 19.8 Å². The molecule has 0 aromatic carbocycles. The fourth-order valence-corrected chi connectivity index (χ4v) is 1.65. The largest absolute Gasteiger partial charge is 0.396 e. The van der Waals surface area contributed by atoms with Gasteiger partial charge in [-0.3, -0.25) is 0 Å². The van der Waals surface area contributed by atoms with Crippen LogP contribution in [0.5, 0.6) is 0 Å². The second kappa shape index (κ2) is 4.80. The molecule has 1 heterocycles. The molecule has 1 unspecified atom stereocenters. The van der Waals surface area contributed by atoms with Gasteiger partial charge in [-0.2, -0.15) is 0 Å². The Morgan fingerprint density at radius 2 is 2.42 bits per heavy atom. The molecular weight excluding hydrogens is 154 g/mol. The first-order valence-electron chi connectivity index (χ1n) is 4.72. The topological polar surface area (TPSA) is 41.5 Å². The number of hydrogen-bond acceptors (Lipinski definition) is 3. The van der Waals surface area contributed by atoms with Gasteiger partial charge >= 0.3 is 0 Å². The van der Waals surface area contributed by atoms with E-state index >= 15 is 0 Å². The summed E-state index contributed by atoms with van der Waals surface area (Å²) in [6.07, 6.45) is 2.23. The van der Waals surface area contributed by atoms with Gasteiger partial charge in [0.15, 0.2) is 0 Å². The summed E-state index contributed by atoms with van der Waals surface area (Å²) in [5, 5.41) is 12.5. The van der Waals surface area contributed by atoms with Gasteiger partial charge < -0.3 is 15.2 Å². The molecule has 0 amide bonds. The Kier molecular flexibility index (Phi) is 3.98. The minimum atomic E-state index is -0.00569. The zero-order valence-corrected chi connectivity index (χ0v) is 7.81. The van der Waals surface area contributed by atoms with E-state index in [0.29, 0.717) is 6.61 Å². The maximum Gasteiger partial charge on any atom is 0.0556 e. The lowest BCUT2D eigenvalue weighted by atomic mass is 9.82. The van der Waals surface area contributed by atoms with Crippen LogP contribution in [0, 0.1) is 5.41 Å². The lowest BCUT2D eigenvalue weighted by Gasteiger charge is -2.35. The number of hydrogen-bond donors (Lipinski definition) is 2. The van der Waals surface area contributed by atoms with Gasteiger partial charge in [-0.1, -0.05) is 0 Å². The van der Waals surface area contributed by atoms with Crippen LogP contribution in [0.4, 0.5) is 0 Å². The molecule has 72 valence electrons. The number of piperidine rings is 1. The summed E-state index contributed by atoms with van der Waals surface area (Å²) >= 11 is 0. The molecule has 1 atom stereocenters. The van der Waals surface area contributed by atoms with Gasteiger partial charge in [-0.05, 0) is 26.3 Å². The predicted octanol–water partition coefficient (Wildman–Crippen LogP) is 0.385. The van der Waals surface area contributed by atoms with E-state index in [4.69, 9.17) is 4.74 Å². The van der Waals surface area contributed by atoms with Crippen molar-refractivity contribution in [2.24, 2.45) is 5.41 Å². The molecule has 2 N–H and O–H groups in total. The van der Waals surface area contributed by atoms with E-state index < -0.39 is 0 Å². The standard InChI is InChI=1S/C9H19NO2/c1-2-12-8-9(7-11)4-3-5-10-6-9/h10-11H,2-8H2,1H3. The Bertz CT molecular complexity index is 122. The summed E-state index contributed by atoms with van der Waals surface area (Å²) in [6.45, 7) is 5.62. The Morgan fingerprint density at radius 3 is 2.92 bits per heavy atom. The highest BCUT2D eigenvalue weighted by atomic mass is 16.5. The maximum absolute atomic E-state index is 9.25. The number of ether oxygens (including phenoxy) is 1. The van der Waals surface area contributed by atoms with E-state index in [1.54, 1.807) is 0 Å². The van der Waals surface area contributed by atoms with Crippen LogP contribution < -0.4 is 5.32 Å². The second-order valence-electron chi connectivity index (χ2n) is 3.58. The van der Waals surface area contributed by atoms with Crippen LogP contribution in [0.25, 0.3) is 0 Å². The highest BCUT2D eigenvalue weighted by molar-refractivity contribution is 4.84. The summed E-state index contributed by atoms with van der Waals surface area (Å²) in [5.41, 5.74) is -0.00569. The second-order valence-corrected chi connectivity index (χ2v) is 3.58. The van der Waals surface area contributed by atoms with Gasteiger partial charge in [0.05, 0.1) is 13.2 Å². The first kappa shape index (κ1) is 9.96. The summed E-state index contributed by atoms with van der Waals surface area (Å²) in [4.78, 5) is 0. The average molecular weight is 173 g/mol. The Hall–Kier alpha value is -0.120. The smallest absolute Gasteiger partial charge is 0.0556 e. The zero-order valence-electron chi connectivity index (χ0n) is 7.81. The monoisotopic (exact) mass is 173 g/mol. The van der Waals surface area contributed by atoms with Crippen LogP contribution in [0.1, 0.15) is 19.8 Å². The third kappa shape index (κ3) is 2.44. The van der Waals surface area contributed by atoms with Crippen molar-refractivity contribution in [3.8, 4) is 0 Å². The Labute approximate surface area is 74.1 Å². The molecule has 0 aromatic rings. The van der Waals surface area contributed by atoms with Gasteiger partial charge in [0.1, 0.15) is 0 Å². The molecule has 0 radical (unpaired) electrons. The fourth-order valence-electron chi connectivity index (χ4n) is 1.65. The molecule has 1 fully saturated rings. The van der Waals surface area contributed by atoms with E-state index in [0.717, 1.165) is 32.5 Å². The SMILES string of the molecule is CCOCC1(CO)CCCNC1. The fraction of sp³-hybridized carbons (Fsp3) is 1.00. The van der Waals surface area contributed by atoms with E-state index in [-0.39, 0.29) is 12.0 Å². The van der Waals surface area contributed by atoms with Gasteiger partial charge in [-0.15, -0.1) is 0 Å². The molecule has 12 heavy (non-hydrogen) atoms. The molecule has 0 bridgehead atoms. The molecule has 0 aromatic heterocycles. The van der Waals surface area contributed by atoms with E-state index in [2.05, 4.69) is 5.32 Å². The minimum Gasteiger partial charge on any atom is -0.396 e. The van der Waals surface area contributed by atoms with Crippen LogP contribution in [-0.2, 0) is 4.74 Å². The summed E-state index contributed by atoms with van der Waals surface area (Å²) < 4.78 is 5.37. The normalized spacial score (nSPS) is 30.5. The van der Waals surface area contributed by atoms with Gasteiger partial charge in [0, 0.05) is 18.6 Å². The number of nitrogens with one attached hydrogen (secondary N) is 1. The Balaban J connectivity index is 2.37. The highest BCUT2D eigenvalue weighted by Gasteiger charge is 2.31. The number of rotatable bonds is 4. The summed E-state index contributed by atoms with van der Waals surface area (Å²) in [7, 11) is 0. The molecule has 0 saturated carbocycles. The van der Waals surface area contributed by atoms with Crippen LogP contribution in [0.2, 0.25) is 0 Å². The minimum absolute atomic E-state index is 0.00569. The van der Waals surface area contributed by atoms with Crippen LogP contribution in [0.15, 0.2) is 0 Å². The van der Waals surface area contributed by atoms with Gasteiger partial charge in [0.25, 0.3) is 0 Å². The summed E-state index contributed by atoms with van der Waals surface area (Å²) in [6, 6.07) is 0. The van der Waals surface area contributed by atoms with Crippen molar-refractivity contribution in [2.75, 3.05) is 32.9 Å². The zero-order chi connectivity index (χ0) is 8.86. The average Bonchev–Trinajstić information content (AvgIpc) is 2.16. The van der Waals surface area contributed by atoms with Crippen LogP contribution in [-0.4, -0.2) is 38.0 Å². The third-order valence-electron chi connectivity index (χ3n) is 2.51. The molecule has 0 aliphatic carbocycles.